The molecule has 1 fully saturated rings. The van der Waals surface area contributed by atoms with Gasteiger partial charge in [-0.25, -0.2) is 0 Å². The Bertz CT molecular complexity index is 83.0. The lowest BCUT2D eigenvalue weighted by atomic mass is 10.1. The molecule has 0 heterocycles. The molecule has 0 aromatic carbocycles. The molecule has 1 aliphatic carbocycles. The average Bonchev–Trinajstić information content (AvgIpc) is 2.17. The molecule has 0 aromatic heterocycles. The molecular formula is C7H13BrMg. The molecule has 2 unspecified atom stereocenters. The van der Waals surface area contributed by atoms with Crippen LogP contribution in [0.3, 0.4) is 0 Å². The summed E-state index contributed by atoms with van der Waals surface area (Å²) in [4.78, 5) is 0. The van der Waals surface area contributed by atoms with Crippen LogP contribution in [-0.2, 0) is 0 Å². The van der Waals surface area contributed by atoms with E-state index in [4.69, 9.17) is 0 Å². The highest BCUT2D eigenvalue weighted by atomic mass is 79.9. The Morgan fingerprint density at radius 2 is 2.33 bits per heavy atom. The van der Waals surface area contributed by atoms with Crippen molar-refractivity contribution in [2.24, 2.45) is 11.8 Å². The summed E-state index contributed by atoms with van der Waals surface area (Å²) in [5.41, 5.74) is 0. The normalized spacial score (nSPS) is 34.4. The number of hydrogen-bond donors (Lipinski definition) is 0. The molecule has 0 amide bonds. The summed E-state index contributed by atoms with van der Waals surface area (Å²) in [7, 11) is 0. The van der Waals surface area contributed by atoms with Gasteiger partial charge in [-0.3, -0.25) is 0 Å². The van der Waals surface area contributed by atoms with Crippen molar-refractivity contribution in [1.82, 2.24) is 0 Å². The smallest absolute Gasteiger partial charge is 0.307 e. The van der Waals surface area contributed by atoms with Gasteiger partial charge >= 0.3 is 18.2 Å². The van der Waals surface area contributed by atoms with Crippen LogP contribution in [0, 0.1) is 11.8 Å². The van der Waals surface area contributed by atoms with Gasteiger partial charge in [0.1, 0.15) is 0 Å². The van der Waals surface area contributed by atoms with Crippen LogP contribution in [0.25, 0.3) is 0 Å². The van der Waals surface area contributed by atoms with Crippen LogP contribution >= 0.6 is 12.9 Å². The summed E-state index contributed by atoms with van der Waals surface area (Å²) in [5, 5.41) is 0. The van der Waals surface area contributed by atoms with Crippen LogP contribution in [0.15, 0.2) is 0 Å². The maximum Gasteiger partial charge on any atom is 0.468 e. The van der Waals surface area contributed by atoms with Gasteiger partial charge in [0.25, 0.3) is 0 Å². The van der Waals surface area contributed by atoms with Crippen LogP contribution in [-0.4, -0.2) is 18.2 Å². The zero-order chi connectivity index (χ0) is 6.69. The second-order valence-corrected chi connectivity index (χ2v) is 6.60. The summed E-state index contributed by atoms with van der Waals surface area (Å²) >= 11 is 3.79. The molecular weight excluding hydrogens is 188 g/mol. The fraction of sp³-hybridized carbons (Fsp3) is 1.00. The minimum Gasteiger partial charge on any atom is -0.307 e. The van der Waals surface area contributed by atoms with Crippen molar-refractivity contribution in [3.8, 4) is 0 Å². The molecule has 1 aliphatic rings. The van der Waals surface area contributed by atoms with Crippen LogP contribution in [0.2, 0.25) is 4.55 Å². The third-order valence-corrected chi connectivity index (χ3v) is 4.73. The maximum atomic E-state index is 3.62. The molecule has 9 heavy (non-hydrogen) atoms. The molecule has 1 saturated carbocycles. The number of rotatable bonds is 2. The second-order valence-electron chi connectivity index (χ2n) is 3.26. The first-order valence-corrected chi connectivity index (χ1v) is 8.78. The van der Waals surface area contributed by atoms with E-state index in [1.807, 2.05) is 0 Å². The lowest BCUT2D eigenvalue weighted by Crippen LogP contribution is -1.94. The average molecular weight is 201 g/mol. The fourth-order valence-corrected chi connectivity index (χ4v) is 4.52. The lowest BCUT2D eigenvalue weighted by molar-refractivity contribution is 0.555. The molecule has 0 radical (unpaired) electrons. The summed E-state index contributed by atoms with van der Waals surface area (Å²) < 4.78 is 1.53. The molecule has 0 N–H and O–H groups in total. The minimum absolute atomic E-state index is 0.174. The van der Waals surface area contributed by atoms with Gasteiger partial charge in [-0.05, 0) is 12.3 Å². The van der Waals surface area contributed by atoms with Crippen molar-refractivity contribution < 1.29 is 0 Å². The molecule has 0 spiro atoms. The summed E-state index contributed by atoms with van der Waals surface area (Å²) in [6.07, 6.45) is 4.52. The van der Waals surface area contributed by atoms with Crippen LogP contribution in [0.5, 0.6) is 0 Å². The van der Waals surface area contributed by atoms with Crippen LogP contribution in [0.1, 0.15) is 26.2 Å². The Morgan fingerprint density at radius 3 is 2.78 bits per heavy atom. The van der Waals surface area contributed by atoms with Gasteiger partial charge in [-0.15, -0.1) is 4.55 Å². The molecule has 50 valence electrons. The standard InChI is InChI=1S/C7H13.BrH.Mg/c1-6-3-4-7(2)5-6;;/h6-7H,1,3-5H2,2H3;1H;/q;;+1/p-1. The van der Waals surface area contributed by atoms with Crippen molar-refractivity contribution in [2.45, 2.75) is 30.7 Å². The number of hydrogen-bond acceptors (Lipinski definition) is 0. The molecule has 0 aromatic rings. The Labute approximate surface area is 73.4 Å². The molecule has 0 saturated heterocycles. The van der Waals surface area contributed by atoms with Crippen molar-refractivity contribution in [1.29, 1.82) is 0 Å². The first-order valence-electron chi connectivity index (χ1n) is 3.89. The highest BCUT2D eigenvalue weighted by Gasteiger charge is 2.20. The van der Waals surface area contributed by atoms with Crippen molar-refractivity contribution in [2.75, 3.05) is 0 Å². The zero-order valence-electron chi connectivity index (χ0n) is 6.07. The fourth-order valence-electron chi connectivity index (χ4n) is 1.74. The SMILES string of the molecule is CC1CCC([CH2][Mg][Br])C1. The lowest BCUT2D eigenvalue weighted by Gasteiger charge is -2.04. The van der Waals surface area contributed by atoms with E-state index in [1.54, 1.807) is 0 Å². The van der Waals surface area contributed by atoms with E-state index in [0.717, 1.165) is 11.8 Å². The predicted octanol–water partition coefficient (Wildman–Crippen LogP) is 2.86. The van der Waals surface area contributed by atoms with Gasteiger partial charge in [0.2, 0.25) is 0 Å². The molecule has 2 heteroatoms. The highest BCUT2D eigenvalue weighted by Crippen LogP contribution is 2.32. The van der Waals surface area contributed by atoms with Gasteiger partial charge in [0.05, 0.1) is 0 Å². The van der Waals surface area contributed by atoms with Gasteiger partial charge in [-0.2, -0.15) is 0 Å². The summed E-state index contributed by atoms with van der Waals surface area (Å²) in [6.45, 7) is 2.38. The third kappa shape index (κ3) is 2.77. The predicted molar refractivity (Wildman–Crippen MR) is 46.0 cm³/mol. The first-order chi connectivity index (χ1) is 4.33. The second kappa shape index (κ2) is 4.19. The zero-order valence-corrected chi connectivity index (χ0v) is 9.07. The molecule has 0 nitrogen and oxygen atoms in total. The van der Waals surface area contributed by atoms with Crippen LogP contribution < -0.4 is 0 Å². The van der Waals surface area contributed by atoms with Crippen LogP contribution in [0.4, 0.5) is 0 Å². The van der Waals surface area contributed by atoms with Gasteiger partial charge < -0.3 is 12.9 Å². The van der Waals surface area contributed by atoms with E-state index in [0.29, 0.717) is 0 Å². The topological polar surface area (TPSA) is 0 Å². The Kier molecular flexibility index (Phi) is 3.89. The largest absolute Gasteiger partial charge is 0.468 e. The van der Waals surface area contributed by atoms with Crippen molar-refractivity contribution in [3.05, 3.63) is 0 Å². The molecule has 1 rings (SSSR count). The van der Waals surface area contributed by atoms with Gasteiger partial charge in [0, 0.05) is 0 Å². The number of halogens is 1. The van der Waals surface area contributed by atoms with E-state index >= 15 is 0 Å². The van der Waals surface area contributed by atoms with E-state index in [2.05, 4.69) is 19.8 Å². The van der Waals surface area contributed by atoms with Crippen molar-refractivity contribution in [3.63, 3.8) is 0 Å². The third-order valence-electron chi connectivity index (χ3n) is 2.32. The molecule has 0 bridgehead atoms. The van der Waals surface area contributed by atoms with E-state index in [9.17, 15) is 0 Å². The molecule has 0 aliphatic heterocycles. The Hall–Kier alpha value is 1.25. The summed E-state index contributed by atoms with van der Waals surface area (Å²) in [5.74, 6) is 2.13. The van der Waals surface area contributed by atoms with Gasteiger partial charge in [0.15, 0.2) is 0 Å². The van der Waals surface area contributed by atoms with E-state index in [1.165, 1.54) is 23.8 Å². The van der Waals surface area contributed by atoms with Crippen molar-refractivity contribution >= 4 is 31.1 Å². The first kappa shape index (κ1) is 8.34. The monoisotopic (exact) mass is 200 g/mol. The quantitative estimate of drug-likeness (QED) is 0.603. The maximum absolute atomic E-state index is 3.62. The Morgan fingerprint density at radius 1 is 1.56 bits per heavy atom. The Balaban J connectivity index is 2.14. The van der Waals surface area contributed by atoms with Gasteiger partial charge in [-0.1, -0.05) is 25.7 Å². The summed E-state index contributed by atoms with van der Waals surface area (Å²) in [6, 6.07) is 0. The van der Waals surface area contributed by atoms with E-state index < -0.39 is 0 Å². The minimum atomic E-state index is 0.174. The van der Waals surface area contributed by atoms with E-state index in [-0.39, 0.29) is 18.2 Å². The molecule has 2 atom stereocenters. The highest BCUT2D eigenvalue weighted by molar-refractivity contribution is 9.23.